The van der Waals surface area contributed by atoms with E-state index in [0.717, 1.165) is 0 Å². The molecule has 98 valence electrons. The van der Waals surface area contributed by atoms with Gasteiger partial charge in [-0.25, -0.2) is 13.1 Å². The van der Waals surface area contributed by atoms with Crippen LogP contribution in [-0.4, -0.2) is 25.4 Å². The van der Waals surface area contributed by atoms with E-state index < -0.39 is 20.6 Å². The van der Waals surface area contributed by atoms with Crippen LogP contribution in [0.15, 0.2) is 23.1 Å². The van der Waals surface area contributed by atoms with Gasteiger partial charge in [0.15, 0.2) is 4.90 Å². The monoisotopic (exact) mass is 271 g/mol. The molecule has 0 spiro atoms. The van der Waals surface area contributed by atoms with Gasteiger partial charge in [0, 0.05) is 18.2 Å². The number of hydrogen-bond acceptors (Lipinski definition) is 5. The van der Waals surface area contributed by atoms with E-state index in [9.17, 15) is 18.5 Å². The summed E-state index contributed by atoms with van der Waals surface area (Å²) in [5.74, 6) is 0. The summed E-state index contributed by atoms with van der Waals surface area (Å²) < 4.78 is 26.6. The van der Waals surface area contributed by atoms with Gasteiger partial charge >= 0.3 is 0 Å². The Kier molecular flexibility index (Phi) is 3.09. The van der Waals surface area contributed by atoms with E-state index >= 15 is 0 Å². The Morgan fingerprint density at radius 2 is 2.11 bits per heavy atom. The highest BCUT2D eigenvalue weighted by molar-refractivity contribution is 7.89. The van der Waals surface area contributed by atoms with Gasteiger partial charge in [0.1, 0.15) is 0 Å². The van der Waals surface area contributed by atoms with Gasteiger partial charge < -0.3 is 5.73 Å². The van der Waals surface area contributed by atoms with Crippen molar-refractivity contribution in [3.8, 4) is 0 Å². The van der Waals surface area contributed by atoms with E-state index in [4.69, 9.17) is 5.73 Å². The first-order chi connectivity index (χ1) is 8.33. The minimum Gasteiger partial charge on any atom is -0.326 e. The fourth-order valence-corrected chi connectivity index (χ4v) is 3.44. The van der Waals surface area contributed by atoms with Gasteiger partial charge in [0.25, 0.3) is 5.69 Å². The summed E-state index contributed by atoms with van der Waals surface area (Å²) in [6.07, 6.45) is 0.554. The van der Waals surface area contributed by atoms with Gasteiger partial charge in [0.05, 0.1) is 4.92 Å². The maximum absolute atomic E-state index is 12.1. The lowest BCUT2D eigenvalue weighted by Gasteiger charge is -2.08. The Balaban J connectivity index is 2.46. The topological polar surface area (TPSA) is 115 Å². The molecule has 1 aliphatic rings. The standard InChI is InChI=1S/C10H13N3O4S/c1-6-3-2-4-9(13(14)15)10(6)18(16,17)12-8-5-7(8)11/h2-4,7-8,12H,5,11H2,1H3. The zero-order valence-electron chi connectivity index (χ0n) is 9.66. The molecule has 0 aromatic heterocycles. The maximum atomic E-state index is 12.1. The Morgan fingerprint density at radius 1 is 1.50 bits per heavy atom. The normalized spacial score (nSPS) is 22.8. The fourth-order valence-electron chi connectivity index (χ4n) is 1.74. The number of sulfonamides is 1. The zero-order chi connectivity index (χ0) is 13.5. The molecular weight excluding hydrogens is 258 g/mol. The highest BCUT2D eigenvalue weighted by Gasteiger charge is 2.39. The van der Waals surface area contributed by atoms with Crippen molar-refractivity contribution in [3.05, 3.63) is 33.9 Å². The third-order valence-electron chi connectivity index (χ3n) is 2.80. The average Bonchev–Trinajstić information content (AvgIpc) is 2.92. The number of rotatable bonds is 4. The lowest BCUT2D eigenvalue weighted by Crippen LogP contribution is -2.30. The van der Waals surface area contributed by atoms with Crippen LogP contribution in [0.25, 0.3) is 0 Å². The molecule has 1 aliphatic carbocycles. The second-order valence-electron chi connectivity index (χ2n) is 4.31. The number of benzene rings is 1. The summed E-state index contributed by atoms with van der Waals surface area (Å²) in [6, 6.07) is 3.62. The summed E-state index contributed by atoms with van der Waals surface area (Å²) in [5, 5.41) is 10.9. The van der Waals surface area contributed by atoms with Gasteiger partial charge in [-0.2, -0.15) is 0 Å². The first kappa shape index (κ1) is 12.9. The number of aryl methyl sites for hydroxylation is 1. The van der Waals surface area contributed by atoms with E-state index in [0.29, 0.717) is 12.0 Å². The highest BCUT2D eigenvalue weighted by atomic mass is 32.2. The largest absolute Gasteiger partial charge is 0.326 e. The SMILES string of the molecule is Cc1cccc([N+](=O)[O-])c1S(=O)(=O)NC1CC1N. The minimum atomic E-state index is -3.91. The van der Waals surface area contributed by atoms with Crippen LogP contribution in [0, 0.1) is 17.0 Å². The molecule has 2 unspecified atom stereocenters. The van der Waals surface area contributed by atoms with Gasteiger partial charge in [0.2, 0.25) is 10.0 Å². The predicted octanol–water partition coefficient (Wildman–Crippen LogP) is 0.281. The Hall–Kier alpha value is -1.51. The summed E-state index contributed by atoms with van der Waals surface area (Å²) >= 11 is 0. The molecule has 1 fully saturated rings. The van der Waals surface area contributed by atoms with Crippen molar-refractivity contribution in [2.45, 2.75) is 30.3 Å². The second-order valence-corrected chi connectivity index (χ2v) is 5.96. The number of nitrogens with one attached hydrogen (secondary N) is 1. The Labute approximate surface area is 104 Å². The zero-order valence-corrected chi connectivity index (χ0v) is 10.5. The molecular formula is C10H13N3O4S. The minimum absolute atomic E-state index is 0.206. The molecule has 8 heteroatoms. The molecule has 18 heavy (non-hydrogen) atoms. The Bertz CT molecular complexity index is 599. The van der Waals surface area contributed by atoms with Crippen LogP contribution in [0.5, 0.6) is 0 Å². The molecule has 1 aromatic carbocycles. The van der Waals surface area contributed by atoms with Gasteiger partial charge in [-0.1, -0.05) is 12.1 Å². The van der Waals surface area contributed by atoms with Crippen molar-refractivity contribution in [1.29, 1.82) is 0 Å². The van der Waals surface area contributed by atoms with Gasteiger partial charge in [-0.3, -0.25) is 10.1 Å². The second kappa shape index (κ2) is 4.30. The van der Waals surface area contributed by atoms with E-state index in [2.05, 4.69) is 4.72 Å². The number of nitrogens with two attached hydrogens (primary N) is 1. The number of hydrogen-bond donors (Lipinski definition) is 2. The summed E-state index contributed by atoms with van der Waals surface area (Å²) in [5.41, 5.74) is 5.45. The molecule has 1 aromatic rings. The average molecular weight is 271 g/mol. The van der Waals surface area contributed by atoms with Crippen molar-refractivity contribution >= 4 is 15.7 Å². The molecule has 0 amide bonds. The summed E-state index contributed by atoms with van der Waals surface area (Å²) in [4.78, 5) is 9.89. The third kappa shape index (κ3) is 2.35. The maximum Gasteiger partial charge on any atom is 0.289 e. The van der Waals surface area contributed by atoms with Crippen molar-refractivity contribution in [1.82, 2.24) is 4.72 Å². The lowest BCUT2D eigenvalue weighted by atomic mass is 10.2. The van der Waals surface area contributed by atoms with Crippen LogP contribution in [0.3, 0.4) is 0 Å². The molecule has 0 radical (unpaired) electrons. The van der Waals surface area contributed by atoms with E-state index in [1.165, 1.54) is 25.1 Å². The molecule has 2 atom stereocenters. The quantitative estimate of drug-likeness (QED) is 0.603. The summed E-state index contributed by atoms with van der Waals surface area (Å²) in [6.45, 7) is 1.52. The van der Waals surface area contributed by atoms with Crippen LogP contribution >= 0.6 is 0 Å². The number of nitro benzene ring substituents is 1. The van der Waals surface area contributed by atoms with Crippen molar-refractivity contribution in [3.63, 3.8) is 0 Å². The molecule has 0 saturated heterocycles. The van der Waals surface area contributed by atoms with Gasteiger partial charge in [-0.05, 0) is 18.9 Å². The highest BCUT2D eigenvalue weighted by Crippen LogP contribution is 2.29. The van der Waals surface area contributed by atoms with E-state index in [-0.39, 0.29) is 17.0 Å². The van der Waals surface area contributed by atoms with E-state index in [1.54, 1.807) is 0 Å². The first-order valence-electron chi connectivity index (χ1n) is 5.35. The van der Waals surface area contributed by atoms with Crippen LogP contribution in [0.4, 0.5) is 5.69 Å². The fraction of sp³-hybridized carbons (Fsp3) is 0.400. The molecule has 0 bridgehead atoms. The van der Waals surface area contributed by atoms with E-state index in [1.807, 2.05) is 0 Å². The molecule has 7 nitrogen and oxygen atoms in total. The first-order valence-corrected chi connectivity index (χ1v) is 6.83. The Morgan fingerprint density at radius 3 is 2.61 bits per heavy atom. The summed E-state index contributed by atoms with van der Waals surface area (Å²) in [7, 11) is -3.91. The molecule has 0 heterocycles. The number of nitrogens with zero attached hydrogens (tertiary/aromatic N) is 1. The van der Waals surface area contributed by atoms with Crippen molar-refractivity contribution in [2.75, 3.05) is 0 Å². The van der Waals surface area contributed by atoms with Gasteiger partial charge in [-0.15, -0.1) is 0 Å². The molecule has 3 N–H and O–H groups in total. The third-order valence-corrected chi connectivity index (χ3v) is 4.48. The smallest absolute Gasteiger partial charge is 0.289 e. The molecule has 2 rings (SSSR count). The van der Waals surface area contributed by atoms with Crippen molar-refractivity contribution in [2.24, 2.45) is 5.73 Å². The lowest BCUT2D eigenvalue weighted by molar-refractivity contribution is -0.387. The van der Waals surface area contributed by atoms with Crippen molar-refractivity contribution < 1.29 is 13.3 Å². The predicted molar refractivity (Wildman–Crippen MR) is 64.5 cm³/mol. The van der Waals surface area contributed by atoms with Crippen LogP contribution in [-0.2, 0) is 10.0 Å². The number of nitro groups is 1. The molecule has 0 aliphatic heterocycles. The van der Waals surface area contributed by atoms with Crippen LogP contribution < -0.4 is 10.5 Å². The molecule has 1 saturated carbocycles. The van der Waals surface area contributed by atoms with Crippen LogP contribution in [0.2, 0.25) is 0 Å². The van der Waals surface area contributed by atoms with Crippen LogP contribution in [0.1, 0.15) is 12.0 Å².